The molecule has 1 fully saturated rings. The molecule has 1 aliphatic rings. The Balaban J connectivity index is 1.64. The SMILES string of the molecule is O=C(O)c1ccc(C2CCCN2S(=O)(=O)Cc2ccccc2)nc1Cc1ccc(Cl)cc1. The van der Waals surface area contributed by atoms with Crippen LogP contribution in [0.5, 0.6) is 0 Å². The summed E-state index contributed by atoms with van der Waals surface area (Å²) in [6, 6.07) is 19.0. The molecule has 0 radical (unpaired) electrons. The van der Waals surface area contributed by atoms with Gasteiger partial charge in [0.2, 0.25) is 10.0 Å². The fraction of sp³-hybridized carbons (Fsp3) is 0.250. The number of carbonyl (C=O) groups is 1. The number of aromatic nitrogens is 1. The number of halogens is 1. The number of benzene rings is 2. The van der Waals surface area contributed by atoms with E-state index in [2.05, 4.69) is 4.98 Å². The van der Waals surface area contributed by atoms with Crippen LogP contribution in [0.25, 0.3) is 0 Å². The molecule has 0 spiro atoms. The van der Waals surface area contributed by atoms with Gasteiger partial charge in [-0.2, -0.15) is 4.31 Å². The zero-order valence-corrected chi connectivity index (χ0v) is 18.9. The summed E-state index contributed by atoms with van der Waals surface area (Å²) in [4.78, 5) is 16.4. The summed E-state index contributed by atoms with van der Waals surface area (Å²) in [5.74, 6) is -1.14. The minimum Gasteiger partial charge on any atom is -0.478 e. The van der Waals surface area contributed by atoms with Gasteiger partial charge in [0, 0.05) is 18.0 Å². The number of sulfonamides is 1. The number of rotatable bonds is 7. The van der Waals surface area contributed by atoms with E-state index in [0.717, 1.165) is 17.5 Å². The second kappa shape index (κ2) is 9.40. The molecule has 8 heteroatoms. The topological polar surface area (TPSA) is 87.6 Å². The first-order valence-corrected chi connectivity index (χ1v) is 12.3. The Morgan fingerprint density at radius 2 is 1.75 bits per heavy atom. The highest BCUT2D eigenvalue weighted by atomic mass is 35.5. The summed E-state index contributed by atoms with van der Waals surface area (Å²) in [7, 11) is -3.55. The van der Waals surface area contributed by atoms with Crippen molar-refractivity contribution in [3.8, 4) is 0 Å². The molecule has 0 saturated carbocycles. The first-order valence-electron chi connectivity index (χ1n) is 10.3. The number of pyridine rings is 1. The number of carboxylic acids is 1. The van der Waals surface area contributed by atoms with Crippen LogP contribution in [0.2, 0.25) is 5.02 Å². The summed E-state index contributed by atoms with van der Waals surface area (Å²) in [6.45, 7) is 0.425. The van der Waals surface area contributed by atoms with Crippen molar-refractivity contribution < 1.29 is 18.3 Å². The molecular formula is C24H23ClN2O4S. The highest BCUT2D eigenvalue weighted by molar-refractivity contribution is 7.88. The van der Waals surface area contributed by atoms with Crippen molar-refractivity contribution in [2.75, 3.05) is 6.54 Å². The molecule has 2 aromatic carbocycles. The lowest BCUT2D eigenvalue weighted by atomic mass is 10.0. The predicted octanol–water partition coefficient (Wildman–Crippen LogP) is 4.69. The van der Waals surface area contributed by atoms with E-state index in [4.69, 9.17) is 11.6 Å². The molecule has 6 nitrogen and oxygen atoms in total. The average Bonchev–Trinajstić information content (AvgIpc) is 3.27. The molecule has 1 atom stereocenters. The molecule has 2 heterocycles. The van der Waals surface area contributed by atoms with E-state index in [-0.39, 0.29) is 11.3 Å². The molecule has 1 aliphatic heterocycles. The van der Waals surface area contributed by atoms with E-state index < -0.39 is 22.0 Å². The maximum absolute atomic E-state index is 13.2. The number of hydrogen-bond donors (Lipinski definition) is 1. The summed E-state index contributed by atoms with van der Waals surface area (Å²) < 4.78 is 27.8. The van der Waals surface area contributed by atoms with Crippen LogP contribution in [0, 0.1) is 0 Å². The van der Waals surface area contributed by atoms with Gasteiger partial charge in [0.05, 0.1) is 28.7 Å². The van der Waals surface area contributed by atoms with Crippen LogP contribution < -0.4 is 0 Å². The number of carboxylic acid groups (broad SMARTS) is 1. The van der Waals surface area contributed by atoms with Gasteiger partial charge in [0.1, 0.15) is 0 Å². The Bertz CT molecular complexity index is 1210. The number of nitrogens with zero attached hydrogens (tertiary/aromatic N) is 2. The van der Waals surface area contributed by atoms with Crippen molar-refractivity contribution in [2.45, 2.75) is 31.1 Å². The second-order valence-corrected chi connectivity index (χ2v) is 10.2. The van der Waals surface area contributed by atoms with Crippen LogP contribution in [-0.4, -0.2) is 35.3 Å². The minimum atomic E-state index is -3.55. The lowest BCUT2D eigenvalue weighted by Crippen LogP contribution is -2.32. The smallest absolute Gasteiger partial charge is 0.337 e. The van der Waals surface area contributed by atoms with Crippen molar-refractivity contribution in [1.29, 1.82) is 0 Å². The second-order valence-electron chi connectivity index (χ2n) is 7.85. The third-order valence-electron chi connectivity index (χ3n) is 5.61. The molecular weight excluding hydrogens is 448 g/mol. The summed E-state index contributed by atoms with van der Waals surface area (Å²) in [5.41, 5.74) is 2.70. The van der Waals surface area contributed by atoms with E-state index in [9.17, 15) is 18.3 Å². The number of hydrogen-bond acceptors (Lipinski definition) is 4. The van der Waals surface area contributed by atoms with Gasteiger partial charge in [-0.25, -0.2) is 13.2 Å². The molecule has 1 aromatic heterocycles. The molecule has 0 aliphatic carbocycles. The summed E-state index contributed by atoms with van der Waals surface area (Å²) in [6.07, 6.45) is 1.69. The van der Waals surface area contributed by atoms with Crippen molar-refractivity contribution in [1.82, 2.24) is 9.29 Å². The fourth-order valence-electron chi connectivity index (χ4n) is 4.07. The molecule has 0 amide bonds. The van der Waals surface area contributed by atoms with Gasteiger partial charge in [-0.05, 0) is 48.2 Å². The maximum atomic E-state index is 13.2. The van der Waals surface area contributed by atoms with E-state index in [0.29, 0.717) is 35.8 Å². The van der Waals surface area contributed by atoms with Crippen LogP contribution in [0.3, 0.4) is 0 Å². The maximum Gasteiger partial charge on any atom is 0.337 e. The minimum absolute atomic E-state index is 0.0742. The lowest BCUT2D eigenvalue weighted by molar-refractivity contribution is 0.0695. The first kappa shape index (κ1) is 22.5. The Morgan fingerprint density at radius 3 is 2.44 bits per heavy atom. The molecule has 32 heavy (non-hydrogen) atoms. The van der Waals surface area contributed by atoms with Gasteiger partial charge in [-0.15, -0.1) is 0 Å². The zero-order chi connectivity index (χ0) is 22.7. The van der Waals surface area contributed by atoms with Gasteiger partial charge >= 0.3 is 5.97 Å². The largest absolute Gasteiger partial charge is 0.478 e. The van der Waals surface area contributed by atoms with Crippen LogP contribution in [-0.2, 0) is 22.2 Å². The van der Waals surface area contributed by atoms with E-state index in [1.54, 1.807) is 30.3 Å². The van der Waals surface area contributed by atoms with Crippen LogP contribution in [0.1, 0.15) is 51.8 Å². The van der Waals surface area contributed by atoms with Crippen LogP contribution >= 0.6 is 11.6 Å². The third kappa shape index (κ3) is 5.01. The normalized spacial score (nSPS) is 16.8. The fourth-order valence-corrected chi connectivity index (χ4v) is 5.98. The quantitative estimate of drug-likeness (QED) is 0.541. The predicted molar refractivity (Wildman–Crippen MR) is 123 cm³/mol. The standard InChI is InChI=1S/C24H23ClN2O4S/c25-19-10-8-17(9-11-19)15-22-20(24(28)29)12-13-21(26-22)23-7-4-14-27(23)32(30,31)16-18-5-2-1-3-6-18/h1-3,5-6,8-13,23H,4,7,14-16H2,(H,28,29). The molecule has 1 unspecified atom stereocenters. The van der Waals surface area contributed by atoms with Crippen molar-refractivity contribution in [3.63, 3.8) is 0 Å². The highest BCUT2D eigenvalue weighted by Crippen LogP contribution is 2.35. The van der Waals surface area contributed by atoms with Crippen LogP contribution in [0.4, 0.5) is 0 Å². The van der Waals surface area contributed by atoms with Gasteiger partial charge in [0.15, 0.2) is 0 Å². The Kier molecular flexibility index (Phi) is 6.60. The summed E-state index contributed by atoms with van der Waals surface area (Å²) >= 11 is 5.95. The Labute approximate surface area is 192 Å². The van der Waals surface area contributed by atoms with Gasteiger partial charge in [-0.3, -0.25) is 4.98 Å². The van der Waals surface area contributed by atoms with Gasteiger partial charge in [-0.1, -0.05) is 54.1 Å². The molecule has 3 aromatic rings. The van der Waals surface area contributed by atoms with E-state index in [1.165, 1.54) is 10.4 Å². The monoisotopic (exact) mass is 470 g/mol. The lowest BCUT2D eigenvalue weighted by Gasteiger charge is -2.24. The van der Waals surface area contributed by atoms with Crippen molar-refractivity contribution in [3.05, 3.63) is 99.8 Å². The Hall–Kier alpha value is -2.74. The molecule has 1 saturated heterocycles. The van der Waals surface area contributed by atoms with Crippen molar-refractivity contribution >= 4 is 27.6 Å². The van der Waals surface area contributed by atoms with E-state index in [1.807, 2.05) is 30.3 Å². The van der Waals surface area contributed by atoms with Crippen LogP contribution in [0.15, 0.2) is 66.7 Å². The molecule has 1 N–H and O–H groups in total. The van der Waals surface area contributed by atoms with E-state index >= 15 is 0 Å². The van der Waals surface area contributed by atoms with Crippen molar-refractivity contribution in [2.24, 2.45) is 0 Å². The Morgan fingerprint density at radius 1 is 1.03 bits per heavy atom. The first-order chi connectivity index (χ1) is 15.3. The summed E-state index contributed by atoms with van der Waals surface area (Å²) in [5, 5.41) is 10.2. The van der Waals surface area contributed by atoms with Gasteiger partial charge in [0.25, 0.3) is 0 Å². The highest BCUT2D eigenvalue weighted by Gasteiger charge is 2.36. The molecule has 4 rings (SSSR count). The molecule has 166 valence electrons. The zero-order valence-electron chi connectivity index (χ0n) is 17.3. The van der Waals surface area contributed by atoms with Gasteiger partial charge < -0.3 is 5.11 Å². The average molecular weight is 471 g/mol. The number of aromatic carboxylic acids is 1. The third-order valence-corrected chi connectivity index (χ3v) is 7.71. The molecule has 0 bridgehead atoms.